The Morgan fingerprint density at radius 2 is 1.87 bits per heavy atom. The van der Waals surface area contributed by atoms with E-state index in [0.717, 1.165) is 11.7 Å². The summed E-state index contributed by atoms with van der Waals surface area (Å²) in [5, 5.41) is 0. The summed E-state index contributed by atoms with van der Waals surface area (Å²) in [5.41, 5.74) is 0.0417. The van der Waals surface area contributed by atoms with Crippen molar-refractivity contribution in [1.82, 2.24) is 4.98 Å². The first-order valence-corrected chi connectivity index (χ1v) is 5.23. The summed E-state index contributed by atoms with van der Waals surface area (Å²) in [4.78, 5) is 3.85. The highest BCUT2D eigenvalue weighted by Crippen LogP contribution is 2.18. The van der Waals surface area contributed by atoms with Gasteiger partial charge in [-0.05, 0) is 26.7 Å². The van der Waals surface area contributed by atoms with Crippen LogP contribution >= 0.6 is 0 Å². The van der Waals surface area contributed by atoms with Crippen LogP contribution in [0.2, 0.25) is 0 Å². The molecule has 0 saturated heterocycles. The Hall–Kier alpha value is -0.830. The van der Waals surface area contributed by atoms with Crippen molar-refractivity contribution in [3.8, 4) is 0 Å². The Balaban J connectivity index is 0.000000262. The Morgan fingerprint density at radius 3 is 1.93 bits per heavy atom. The average molecular weight is 213 g/mol. The van der Waals surface area contributed by atoms with Gasteiger partial charge >= 0.3 is 0 Å². The van der Waals surface area contributed by atoms with E-state index in [1.807, 2.05) is 13.8 Å². The van der Waals surface area contributed by atoms with E-state index in [9.17, 15) is 0 Å². The van der Waals surface area contributed by atoms with Crippen LogP contribution in [0, 0.1) is 19.8 Å². The molecule has 1 aromatic heterocycles. The van der Waals surface area contributed by atoms with Crippen LogP contribution in [0.15, 0.2) is 10.6 Å². The molecule has 0 aromatic carbocycles. The molecular formula is C12H23NO2. The second kappa shape index (κ2) is 5.91. The van der Waals surface area contributed by atoms with Crippen molar-refractivity contribution in [2.24, 2.45) is 5.92 Å². The molecule has 0 fully saturated rings. The van der Waals surface area contributed by atoms with Crippen molar-refractivity contribution < 1.29 is 9.15 Å². The molecule has 3 heteroatoms. The van der Waals surface area contributed by atoms with Gasteiger partial charge in [-0.1, -0.05) is 13.8 Å². The van der Waals surface area contributed by atoms with E-state index in [1.54, 1.807) is 13.3 Å². The van der Waals surface area contributed by atoms with Gasteiger partial charge in [0.25, 0.3) is 0 Å². The molecule has 0 aliphatic carbocycles. The van der Waals surface area contributed by atoms with E-state index >= 15 is 0 Å². The smallest absolute Gasteiger partial charge is 0.191 e. The lowest BCUT2D eigenvalue weighted by Crippen LogP contribution is -2.29. The number of methoxy groups -OCH3 is 1. The maximum atomic E-state index is 5.20. The second-order valence-electron chi connectivity index (χ2n) is 4.45. The van der Waals surface area contributed by atoms with E-state index in [-0.39, 0.29) is 5.60 Å². The molecule has 0 N–H and O–H groups in total. The van der Waals surface area contributed by atoms with E-state index < -0.39 is 0 Å². The zero-order valence-corrected chi connectivity index (χ0v) is 10.9. The number of aryl methyl sites for hydroxylation is 2. The molecule has 1 aromatic rings. The molecule has 0 spiro atoms. The first-order valence-electron chi connectivity index (χ1n) is 5.23. The van der Waals surface area contributed by atoms with E-state index in [0.29, 0.717) is 5.92 Å². The topological polar surface area (TPSA) is 35.3 Å². The highest BCUT2D eigenvalue weighted by molar-refractivity contribution is 4.87. The van der Waals surface area contributed by atoms with Crippen LogP contribution in [0.5, 0.6) is 0 Å². The summed E-state index contributed by atoms with van der Waals surface area (Å²) in [5.74, 6) is 2.20. The molecule has 1 rings (SSSR count). The van der Waals surface area contributed by atoms with Gasteiger partial charge < -0.3 is 9.15 Å². The van der Waals surface area contributed by atoms with Crippen molar-refractivity contribution in [3.63, 3.8) is 0 Å². The van der Waals surface area contributed by atoms with Crippen LogP contribution in [-0.4, -0.2) is 17.7 Å². The fraction of sp³-hybridized carbons (Fsp3) is 0.750. The molecule has 0 unspecified atom stereocenters. The fourth-order valence-corrected chi connectivity index (χ4v) is 0.703. The molecular weight excluding hydrogens is 190 g/mol. The lowest BCUT2D eigenvalue weighted by Gasteiger charge is -2.26. The van der Waals surface area contributed by atoms with Crippen molar-refractivity contribution in [2.45, 2.75) is 47.1 Å². The molecule has 88 valence electrons. The van der Waals surface area contributed by atoms with Gasteiger partial charge in [-0.25, -0.2) is 4.98 Å². The fourth-order valence-electron chi connectivity index (χ4n) is 0.703. The monoisotopic (exact) mass is 213 g/mol. The third-order valence-electron chi connectivity index (χ3n) is 2.65. The van der Waals surface area contributed by atoms with Gasteiger partial charge in [0.05, 0.1) is 11.8 Å². The summed E-state index contributed by atoms with van der Waals surface area (Å²) in [6, 6.07) is 0. The van der Waals surface area contributed by atoms with Gasteiger partial charge in [-0.2, -0.15) is 0 Å². The molecule has 0 radical (unpaired) electrons. The first-order chi connectivity index (χ1) is 6.79. The molecule has 0 saturated carbocycles. The predicted molar refractivity (Wildman–Crippen MR) is 61.9 cm³/mol. The van der Waals surface area contributed by atoms with Crippen LogP contribution in [0.1, 0.15) is 39.3 Å². The lowest BCUT2D eigenvalue weighted by molar-refractivity contribution is -0.0156. The summed E-state index contributed by atoms with van der Waals surface area (Å²) in [7, 11) is 1.75. The van der Waals surface area contributed by atoms with Gasteiger partial charge in [0.1, 0.15) is 5.76 Å². The van der Waals surface area contributed by atoms with Gasteiger partial charge in [-0.3, -0.25) is 0 Å². The quantitative estimate of drug-likeness (QED) is 0.755. The van der Waals surface area contributed by atoms with Gasteiger partial charge in [0.15, 0.2) is 5.89 Å². The van der Waals surface area contributed by atoms with Crippen molar-refractivity contribution in [2.75, 3.05) is 7.11 Å². The van der Waals surface area contributed by atoms with Crippen molar-refractivity contribution in [1.29, 1.82) is 0 Å². The van der Waals surface area contributed by atoms with E-state index in [2.05, 4.69) is 32.7 Å². The molecule has 0 atom stereocenters. The minimum Gasteiger partial charge on any atom is -0.446 e. The van der Waals surface area contributed by atoms with Crippen LogP contribution < -0.4 is 0 Å². The van der Waals surface area contributed by atoms with Crippen LogP contribution in [0.25, 0.3) is 0 Å². The Bertz CT molecular complexity index is 260. The third-order valence-corrected chi connectivity index (χ3v) is 2.65. The third kappa shape index (κ3) is 5.57. The zero-order valence-electron chi connectivity index (χ0n) is 10.9. The second-order valence-corrected chi connectivity index (χ2v) is 4.45. The molecule has 1 heterocycles. The molecule has 0 amide bonds. The minimum atomic E-state index is 0.0417. The van der Waals surface area contributed by atoms with Crippen LogP contribution in [-0.2, 0) is 4.74 Å². The molecule has 15 heavy (non-hydrogen) atoms. The number of rotatable bonds is 2. The van der Waals surface area contributed by atoms with Gasteiger partial charge in [0.2, 0.25) is 0 Å². The van der Waals surface area contributed by atoms with Crippen molar-refractivity contribution in [3.05, 3.63) is 17.8 Å². The Kier molecular flexibility index (Phi) is 5.58. The van der Waals surface area contributed by atoms with Gasteiger partial charge in [0, 0.05) is 14.0 Å². The number of oxazole rings is 1. The van der Waals surface area contributed by atoms with Gasteiger partial charge in [-0.15, -0.1) is 0 Å². The Morgan fingerprint density at radius 1 is 1.33 bits per heavy atom. The maximum absolute atomic E-state index is 5.20. The molecule has 0 bridgehead atoms. The largest absolute Gasteiger partial charge is 0.446 e. The average Bonchev–Trinajstić information content (AvgIpc) is 2.51. The summed E-state index contributed by atoms with van der Waals surface area (Å²) in [6.07, 6.45) is 1.70. The first kappa shape index (κ1) is 14.2. The van der Waals surface area contributed by atoms with Crippen molar-refractivity contribution >= 4 is 0 Å². The number of hydrogen-bond donors (Lipinski definition) is 0. The molecule has 0 aliphatic rings. The zero-order chi connectivity index (χ0) is 12.1. The highest BCUT2D eigenvalue weighted by atomic mass is 16.5. The summed E-state index contributed by atoms with van der Waals surface area (Å²) < 4.78 is 10.2. The molecule has 3 nitrogen and oxygen atoms in total. The Labute approximate surface area is 92.8 Å². The summed E-state index contributed by atoms with van der Waals surface area (Å²) in [6.45, 7) is 12.2. The normalized spacial score (nSPS) is 11.2. The predicted octanol–water partition coefficient (Wildman–Crippen LogP) is 3.36. The SMILES string of the molecule is COC(C)(C)C(C)C.Cc1cnc(C)o1. The minimum absolute atomic E-state index is 0.0417. The maximum Gasteiger partial charge on any atom is 0.191 e. The number of aromatic nitrogens is 1. The summed E-state index contributed by atoms with van der Waals surface area (Å²) >= 11 is 0. The van der Waals surface area contributed by atoms with Crippen LogP contribution in [0.3, 0.4) is 0 Å². The number of hydrogen-bond acceptors (Lipinski definition) is 3. The van der Waals surface area contributed by atoms with Crippen LogP contribution in [0.4, 0.5) is 0 Å². The van der Waals surface area contributed by atoms with E-state index in [1.165, 1.54) is 0 Å². The highest BCUT2D eigenvalue weighted by Gasteiger charge is 2.20. The number of nitrogens with zero attached hydrogens (tertiary/aromatic N) is 1. The standard InChI is InChI=1S/C7H16O.C5H7NO/c1-6(2)7(3,4)8-5;1-4-3-6-5(2)7-4/h6H,1-5H3;3H,1-2H3. The van der Waals surface area contributed by atoms with E-state index in [4.69, 9.17) is 9.15 Å². The number of ether oxygens (including phenoxy) is 1. The molecule has 0 aliphatic heterocycles. The lowest BCUT2D eigenvalue weighted by atomic mass is 9.95.